The van der Waals surface area contributed by atoms with E-state index in [-0.39, 0.29) is 23.1 Å². The quantitative estimate of drug-likeness (QED) is 0.332. The highest BCUT2D eigenvalue weighted by Gasteiger charge is 2.41. The zero-order valence-electron chi connectivity index (χ0n) is 14.9. The Bertz CT molecular complexity index is 999. The Labute approximate surface area is 161 Å². The number of benzene rings is 3. The van der Waals surface area contributed by atoms with Crippen LogP contribution in [0.2, 0.25) is 0 Å². The lowest BCUT2D eigenvalue weighted by Crippen LogP contribution is -2.25. The first-order chi connectivity index (χ1) is 13.6. The number of ether oxygens (including phenoxy) is 1. The van der Waals surface area contributed by atoms with E-state index in [4.69, 9.17) is 0 Å². The van der Waals surface area contributed by atoms with Gasteiger partial charge in [0.2, 0.25) is 0 Å². The zero-order chi connectivity index (χ0) is 21.3. The minimum atomic E-state index is -4.31. The van der Waals surface area contributed by atoms with Crippen LogP contribution in [0.4, 0.5) is 30.7 Å². The molecule has 8 heteroatoms. The van der Waals surface area contributed by atoms with Gasteiger partial charge in [0.25, 0.3) is 0 Å². The van der Waals surface area contributed by atoms with Crippen molar-refractivity contribution in [3.8, 4) is 16.9 Å². The molecule has 1 nitrogen and oxygen atoms in total. The van der Waals surface area contributed by atoms with Gasteiger partial charge in [-0.2, -0.15) is 8.78 Å². The van der Waals surface area contributed by atoms with Crippen LogP contribution in [0.15, 0.2) is 48.5 Å². The average molecular weight is 414 g/mol. The van der Waals surface area contributed by atoms with E-state index in [1.54, 1.807) is 6.92 Å². The van der Waals surface area contributed by atoms with Gasteiger partial charge in [0, 0.05) is 0 Å². The molecule has 152 valence electrons. The summed E-state index contributed by atoms with van der Waals surface area (Å²) in [6.45, 7) is 1.61. The van der Waals surface area contributed by atoms with Crippen LogP contribution in [-0.2, 0) is 12.5 Å². The Morgan fingerprint density at radius 2 is 1.24 bits per heavy atom. The maximum absolute atomic E-state index is 14.3. The van der Waals surface area contributed by atoms with Crippen molar-refractivity contribution in [3.63, 3.8) is 0 Å². The van der Waals surface area contributed by atoms with E-state index >= 15 is 0 Å². The Balaban J connectivity index is 1.88. The van der Waals surface area contributed by atoms with Crippen molar-refractivity contribution < 1.29 is 35.5 Å². The van der Waals surface area contributed by atoms with Crippen LogP contribution < -0.4 is 4.74 Å². The molecule has 0 saturated heterocycles. The van der Waals surface area contributed by atoms with Crippen molar-refractivity contribution in [2.75, 3.05) is 0 Å². The summed E-state index contributed by atoms with van der Waals surface area (Å²) in [6.07, 6.45) is -4.05. The summed E-state index contributed by atoms with van der Waals surface area (Å²) in [4.78, 5) is 0. The second-order valence-electron chi connectivity index (χ2n) is 6.19. The zero-order valence-corrected chi connectivity index (χ0v) is 14.9. The van der Waals surface area contributed by atoms with Gasteiger partial charge >= 0.3 is 6.11 Å². The summed E-state index contributed by atoms with van der Waals surface area (Å²) in [5.41, 5.74) is -1.17. The molecule has 3 aromatic rings. The highest BCUT2D eigenvalue weighted by atomic mass is 19.3. The highest BCUT2D eigenvalue weighted by molar-refractivity contribution is 5.64. The van der Waals surface area contributed by atoms with E-state index in [1.807, 2.05) is 0 Å². The lowest BCUT2D eigenvalue weighted by Gasteiger charge is -2.20. The molecule has 29 heavy (non-hydrogen) atoms. The SMILES string of the molecule is CCc1cc(F)c(C(F)(F)Oc2ccc(-c3cc(F)c(F)c(F)c3)cc2)c(F)c1. The Morgan fingerprint density at radius 3 is 1.72 bits per heavy atom. The number of halogens is 7. The second kappa shape index (κ2) is 7.77. The van der Waals surface area contributed by atoms with Crippen LogP contribution in [0.5, 0.6) is 5.75 Å². The van der Waals surface area contributed by atoms with Crippen molar-refractivity contribution >= 4 is 0 Å². The summed E-state index contributed by atoms with van der Waals surface area (Å²) < 4.78 is 101. The lowest BCUT2D eigenvalue weighted by atomic mass is 10.0. The molecular formula is C21H13F7O. The molecule has 0 aliphatic carbocycles. The fraction of sp³-hybridized carbons (Fsp3) is 0.143. The summed E-state index contributed by atoms with van der Waals surface area (Å²) >= 11 is 0. The largest absolute Gasteiger partial charge is 0.432 e. The topological polar surface area (TPSA) is 9.23 Å². The number of alkyl halides is 2. The lowest BCUT2D eigenvalue weighted by molar-refractivity contribution is -0.189. The molecule has 0 unspecified atom stereocenters. The monoisotopic (exact) mass is 414 g/mol. The van der Waals surface area contributed by atoms with E-state index in [0.29, 0.717) is 0 Å². The van der Waals surface area contributed by atoms with Gasteiger partial charge < -0.3 is 4.74 Å². The summed E-state index contributed by atoms with van der Waals surface area (Å²) in [7, 11) is 0. The normalized spacial score (nSPS) is 11.6. The predicted molar refractivity (Wildman–Crippen MR) is 92.0 cm³/mol. The van der Waals surface area contributed by atoms with Gasteiger partial charge in [-0.15, -0.1) is 0 Å². The highest BCUT2D eigenvalue weighted by Crippen LogP contribution is 2.36. The Hall–Kier alpha value is -3.03. The van der Waals surface area contributed by atoms with E-state index in [9.17, 15) is 30.7 Å². The van der Waals surface area contributed by atoms with Crippen molar-refractivity contribution in [2.45, 2.75) is 19.5 Å². The fourth-order valence-electron chi connectivity index (χ4n) is 2.74. The number of aryl methyl sites for hydroxylation is 1. The molecular weight excluding hydrogens is 401 g/mol. The predicted octanol–water partition coefficient (Wildman–Crippen LogP) is 6.74. The van der Waals surface area contributed by atoms with E-state index in [2.05, 4.69) is 4.74 Å². The molecule has 0 aromatic heterocycles. The third-order valence-electron chi connectivity index (χ3n) is 4.22. The third-order valence-corrected chi connectivity index (χ3v) is 4.22. The molecule has 0 saturated carbocycles. The molecule has 3 rings (SSSR count). The van der Waals surface area contributed by atoms with E-state index < -0.39 is 46.5 Å². The molecule has 0 aliphatic rings. The molecule has 0 bridgehead atoms. The van der Waals surface area contributed by atoms with Gasteiger partial charge in [-0.25, -0.2) is 22.0 Å². The van der Waals surface area contributed by atoms with E-state index in [0.717, 1.165) is 36.4 Å². The standard InChI is InChI=1S/C21H13F7O/c1-2-11-7-15(22)19(16(23)8-11)21(27,28)29-14-5-3-12(4-6-14)13-9-17(24)20(26)18(25)10-13/h3-10H,2H2,1H3. The van der Waals surface area contributed by atoms with Gasteiger partial charge in [-0.1, -0.05) is 19.1 Å². The first-order valence-electron chi connectivity index (χ1n) is 8.42. The van der Waals surface area contributed by atoms with Crippen molar-refractivity contribution in [1.29, 1.82) is 0 Å². The molecule has 3 aromatic carbocycles. The Morgan fingerprint density at radius 1 is 0.724 bits per heavy atom. The Kier molecular flexibility index (Phi) is 5.55. The van der Waals surface area contributed by atoms with Crippen molar-refractivity contribution in [3.05, 3.63) is 88.7 Å². The van der Waals surface area contributed by atoms with Crippen molar-refractivity contribution in [2.24, 2.45) is 0 Å². The van der Waals surface area contributed by atoms with Gasteiger partial charge in [0.15, 0.2) is 17.5 Å². The number of hydrogen-bond donors (Lipinski definition) is 0. The molecule has 0 N–H and O–H groups in total. The molecule has 0 radical (unpaired) electrons. The van der Waals surface area contributed by atoms with Crippen LogP contribution in [0.25, 0.3) is 11.1 Å². The van der Waals surface area contributed by atoms with Crippen LogP contribution in [0.1, 0.15) is 18.1 Å². The fourth-order valence-corrected chi connectivity index (χ4v) is 2.74. The number of hydrogen-bond acceptors (Lipinski definition) is 1. The van der Waals surface area contributed by atoms with Crippen LogP contribution >= 0.6 is 0 Å². The molecule has 0 amide bonds. The third kappa shape index (κ3) is 4.21. The smallest absolute Gasteiger partial charge is 0.429 e. The van der Waals surface area contributed by atoms with Crippen LogP contribution in [0.3, 0.4) is 0 Å². The van der Waals surface area contributed by atoms with Gasteiger partial charge in [-0.3, -0.25) is 0 Å². The maximum Gasteiger partial charge on any atom is 0.432 e. The van der Waals surface area contributed by atoms with Crippen LogP contribution in [-0.4, -0.2) is 0 Å². The summed E-state index contributed by atoms with van der Waals surface area (Å²) in [6, 6.07) is 7.50. The summed E-state index contributed by atoms with van der Waals surface area (Å²) in [5.74, 6) is -7.78. The minimum Gasteiger partial charge on any atom is -0.429 e. The first-order valence-corrected chi connectivity index (χ1v) is 8.42. The van der Waals surface area contributed by atoms with Gasteiger partial charge in [-0.05, 0) is 59.5 Å². The second-order valence-corrected chi connectivity index (χ2v) is 6.19. The molecule has 0 atom stereocenters. The maximum atomic E-state index is 14.3. The minimum absolute atomic E-state index is 0.0352. The van der Waals surface area contributed by atoms with Gasteiger partial charge in [0.1, 0.15) is 22.9 Å². The first kappa shape index (κ1) is 20.7. The molecule has 0 aliphatic heterocycles. The van der Waals surface area contributed by atoms with Crippen molar-refractivity contribution in [1.82, 2.24) is 0 Å². The number of rotatable bonds is 5. The summed E-state index contributed by atoms with van der Waals surface area (Å²) in [5, 5.41) is 0. The van der Waals surface area contributed by atoms with E-state index in [1.165, 1.54) is 12.1 Å². The van der Waals surface area contributed by atoms with Gasteiger partial charge in [0.05, 0.1) is 0 Å². The average Bonchev–Trinajstić information content (AvgIpc) is 2.65. The molecule has 0 fully saturated rings. The van der Waals surface area contributed by atoms with Crippen LogP contribution in [0, 0.1) is 29.1 Å². The molecule has 0 heterocycles. The molecule has 0 spiro atoms.